The Kier molecular flexibility index (Phi) is 3.36. The van der Waals surface area contributed by atoms with Crippen molar-refractivity contribution in [3.05, 3.63) is 54.4 Å². The zero-order valence-electron chi connectivity index (χ0n) is 8.82. The summed E-state index contributed by atoms with van der Waals surface area (Å²) in [6.45, 7) is 0.671. The molecule has 2 aromatic carbocycles. The lowest BCUT2D eigenvalue weighted by Crippen LogP contribution is -2.00. The summed E-state index contributed by atoms with van der Waals surface area (Å²) in [6, 6.07) is 15.0. The van der Waals surface area contributed by atoms with Gasteiger partial charge < -0.3 is 5.73 Å². The summed E-state index contributed by atoms with van der Waals surface area (Å²) >= 11 is 0. The van der Waals surface area contributed by atoms with Crippen molar-refractivity contribution in [2.45, 2.75) is 12.8 Å². The van der Waals surface area contributed by atoms with Crippen molar-refractivity contribution in [1.82, 2.24) is 0 Å². The van der Waals surface area contributed by atoms with E-state index < -0.39 is 0 Å². The van der Waals surface area contributed by atoms with Crippen LogP contribution in [0.1, 0.15) is 12.0 Å². The van der Waals surface area contributed by atoms with E-state index in [1.165, 1.54) is 16.3 Å². The summed E-state index contributed by atoms with van der Waals surface area (Å²) in [5, 5.41) is 2.69. The summed E-state index contributed by atoms with van der Waals surface area (Å²) in [6.07, 6.45) is 4.27. The normalized spacial score (nSPS) is 10.7. The van der Waals surface area contributed by atoms with Crippen molar-refractivity contribution in [2.24, 2.45) is 5.73 Å². The minimum Gasteiger partial charge on any atom is -0.330 e. The van der Waals surface area contributed by atoms with Gasteiger partial charge >= 0.3 is 0 Å². The Morgan fingerprint density at radius 2 is 1.80 bits per heavy atom. The number of fused-ring (bicyclic) bond motifs is 1. The molecule has 0 aromatic heterocycles. The highest BCUT2D eigenvalue weighted by Gasteiger charge is 1.99. The fraction of sp³-hybridized carbons (Fsp3) is 0.214. The van der Waals surface area contributed by atoms with Crippen molar-refractivity contribution >= 4 is 10.8 Å². The minimum absolute atomic E-state index is 0.671. The lowest BCUT2D eigenvalue weighted by atomic mass is 10.0. The van der Waals surface area contributed by atoms with Crippen LogP contribution in [0.2, 0.25) is 0 Å². The molecule has 0 spiro atoms. The fourth-order valence-electron chi connectivity index (χ4n) is 1.89. The van der Waals surface area contributed by atoms with Crippen LogP contribution in [0.25, 0.3) is 10.8 Å². The fourth-order valence-corrected chi connectivity index (χ4v) is 1.89. The minimum atomic E-state index is 0.671. The number of hydrogen-bond acceptors (Lipinski definition) is 1. The number of rotatable bonds is 4. The van der Waals surface area contributed by atoms with Gasteiger partial charge in [0.2, 0.25) is 0 Å². The molecule has 0 saturated heterocycles. The van der Waals surface area contributed by atoms with Gasteiger partial charge in [-0.3, -0.25) is 0 Å². The Labute approximate surface area is 90.9 Å². The molecule has 2 aromatic rings. The molecule has 1 radical (unpaired) electrons. The van der Waals surface area contributed by atoms with Crippen LogP contribution in [0.3, 0.4) is 0 Å². The molecule has 77 valence electrons. The van der Waals surface area contributed by atoms with E-state index in [1.807, 2.05) is 0 Å². The van der Waals surface area contributed by atoms with Gasteiger partial charge in [0.15, 0.2) is 0 Å². The van der Waals surface area contributed by atoms with Gasteiger partial charge in [0, 0.05) is 0 Å². The van der Waals surface area contributed by atoms with Crippen LogP contribution in [0.5, 0.6) is 0 Å². The molecule has 1 heteroatoms. The van der Waals surface area contributed by atoms with Crippen LogP contribution in [0, 0.1) is 6.42 Å². The van der Waals surface area contributed by atoms with Gasteiger partial charge in [-0.2, -0.15) is 0 Å². The summed E-state index contributed by atoms with van der Waals surface area (Å²) < 4.78 is 0. The Bertz CT molecular complexity index is 429. The molecule has 0 amide bonds. The zero-order valence-corrected chi connectivity index (χ0v) is 8.82. The van der Waals surface area contributed by atoms with Gasteiger partial charge in [-0.25, -0.2) is 0 Å². The van der Waals surface area contributed by atoms with Gasteiger partial charge in [-0.15, -0.1) is 0 Å². The molecule has 2 rings (SSSR count). The van der Waals surface area contributed by atoms with Crippen molar-refractivity contribution in [1.29, 1.82) is 0 Å². The van der Waals surface area contributed by atoms with E-state index in [2.05, 4.69) is 48.9 Å². The molecule has 0 atom stereocenters. The molecular weight excluding hydrogens is 182 g/mol. The van der Waals surface area contributed by atoms with E-state index in [4.69, 9.17) is 5.73 Å². The number of unbranched alkanes of at least 4 members (excludes halogenated alkanes) is 1. The monoisotopic (exact) mass is 198 g/mol. The molecular formula is C14H16N. The van der Waals surface area contributed by atoms with Gasteiger partial charge in [0.25, 0.3) is 0 Å². The Hall–Kier alpha value is -1.34. The second-order valence-electron chi connectivity index (χ2n) is 3.70. The quantitative estimate of drug-likeness (QED) is 0.751. The predicted octanol–water partition coefficient (Wildman–Crippen LogP) is 2.94. The topological polar surface area (TPSA) is 26.0 Å². The van der Waals surface area contributed by atoms with Gasteiger partial charge in [-0.1, -0.05) is 42.5 Å². The Balaban J connectivity index is 2.26. The van der Waals surface area contributed by atoms with Gasteiger partial charge in [0.05, 0.1) is 0 Å². The van der Waals surface area contributed by atoms with Crippen LogP contribution >= 0.6 is 0 Å². The molecule has 2 N–H and O–H groups in total. The summed E-state index contributed by atoms with van der Waals surface area (Å²) in [4.78, 5) is 0. The van der Waals surface area contributed by atoms with Crippen LogP contribution in [-0.2, 0) is 6.42 Å². The third kappa shape index (κ3) is 2.37. The van der Waals surface area contributed by atoms with E-state index in [0.29, 0.717) is 6.54 Å². The van der Waals surface area contributed by atoms with Gasteiger partial charge in [0.1, 0.15) is 0 Å². The first-order chi connectivity index (χ1) is 7.42. The summed E-state index contributed by atoms with van der Waals surface area (Å²) in [7, 11) is 0. The molecule has 0 aliphatic heterocycles. The number of benzene rings is 2. The highest BCUT2D eigenvalue weighted by Crippen LogP contribution is 2.19. The zero-order chi connectivity index (χ0) is 10.5. The lowest BCUT2D eigenvalue weighted by Gasteiger charge is -2.05. The third-order valence-corrected chi connectivity index (χ3v) is 2.66. The molecule has 0 heterocycles. The maximum atomic E-state index is 5.45. The van der Waals surface area contributed by atoms with E-state index in [9.17, 15) is 0 Å². The molecule has 0 fully saturated rings. The molecule has 0 saturated carbocycles. The first-order valence-corrected chi connectivity index (χ1v) is 5.40. The molecule has 0 aliphatic carbocycles. The van der Waals surface area contributed by atoms with Crippen LogP contribution in [-0.4, -0.2) is 6.54 Å². The predicted molar refractivity (Wildman–Crippen MR) is 65.6 cm³/mol. The van der Waals surface area contributed by atoms with Crippen LogP contribution < -0.4 is 5.73 Å². The average molecular weight is 198 g/mol. The first-order valence-electron chi connectivity index (χ1n) is 5.40. The third-order valence-electron chi connectivity index (χ3n) is 2.66. The number of hydrogen-bond donors (Lipinski definition) is 1. The molecule has 15 heavy (non-hydrogen) atoms. The van der Waals surface area contributed by atoms with Crippen molar-refractivity contribution in [2.75, 3.05) is 6.54 Å². The standard InChI is InChI=1S/C14H16N/c15-11-4-3-7-13-9-5-8-12-6-1-2-10-14(12)13/h1-2,4-6,8-10H,3,7,11,15H2. The van der Waals surface area contributed by atoms with Crippen molar-refractivity contribution in [3.63, 3.8) is 0 Å². The smallest absolute Gasteiger partial charge is 0.00456 e. The molecule has 0 unspecified atom stereocenters. The number of aryl methyl sites for hydroxylation is 1. The van der Waals surface area contributed by atoms with Crippen LogP contribution in [0.4, 0.5) is 0 Å². The molecule has 0 aliphatic rings. The summed E-state index contributed by atoms with van der Waals surface area (Å²) in [5.74, 6) is 0. The maximum absolute atomic E-state index is 5.45. The highest BCUT2D eigenvalue weighted by molar-refractivity contribution is 5.85. The van der Waals surface area contributed by atoms with E-state index >= 15 is 0 Å². The Morgan fingerprint density at radius 1 is 1.00 bits per heavy atom. The van der Waals surface area contributed by atoms with Crippen LogP contribution in [0.15, 0.2) is 42.5 Å². The SMILES string of the molecule is NC[CH]CCc1cccc2ccccc12. The van der Waals surface area contributed by atoms with Crippen molar-refractivity contribution < 1.29 is 0 Å². The lowest BCUT2D eigenvalue weighted by molar-refractivity contribution is 0.903. The molecule has 1 nitrogen and oxygen atoms in total. The first kappa shape index (κ1) is 10.2. The average Bonchev–Trinajstić information content (AvgIpc) is 2.30. The van der Waals surface area contributed by atoms with E-state index in [-0.39, 0.29) is 0 Å². The van der Waals surface area contributed by atoms with Gasteiger partial charge in [-0.05, 0) is 42.1 Å². The largest absolute Gasteiger partial charge is 0.330 e. The highest BCUT2D eigenvalue weighted by atomic mass is 14.5. The second kappa shape index (κ2) is 4.94. The van der Waals surface area contributed by atoms with E-state index in [1.54, 1.807) is 0 Å². The number of nitrogens with two attached hydrogens (primary N) is 1. The van der Waals surface area contributed by atoms with E-state index in [0.717, 1.165) is 12.8 Å². The maximum Gasteiger partial charge on any atom is -0.00456 e. The Morgan fingerprint density at radius 3 is 2.67 bits per heavy atom. The van der Waals surface area contributed by atoms with Crippen molar-refractivity contribution in [3.8, 4) is 0 Å². The molecule has 0 bridgehead atoms. The second-order valence-corrected chi connectivity index (χ2v) is 3.70. The summed E-state index contributed by atoms with van der Waals surface area (Å²) in [5.41, 5.74) is 6.86.